The second kappa shape index (κ2) is 8.75. The zero-order valence-electron chi connectivity index (χ0n) is 14.1. The van der Waals surface area contributed by atoms with Crippen molar-refractivity contribution in [3.8, 4) is 16.9 Å². The molecule has 2 aromatic heterocycles. The number of nitrogens with two attached hydrogens (primary N) is 1. The molecular weight excluding hydrogens is 354 g/mol. The molecule has 8 heteroatoms. The van der Waals surface area contributed by atoms with E-state index >= 15 is 0 Å². The van der Waals surface area contributed by atoms with Crippen molar-refractivity contribution in [1.82, 2.24) is 19.7 Å². The van der Waals surface area contributed by atoms with E-state index in [1.54, 1.807) is 10.9 Å². The van der Waals surface area contributed by atoms with Gasteiger partial charge < -0.3 is 15.6 Å². The lowest BCUT2D eigenvalue weighted by Crippen LogP contribution is -2.21. The second-order valence-corrected chi connectivity index (χ2v) is 6.21. The van der Waals surface area contributed by atoms with Crippen molar-refractivity contribution in [2.24, 2.45) is 0 Å². The van der Waals surface area contributed by atoms with Gasteiger partial charge in [0.25, 0.3) is 0 Å². The van der Waals surface area contributed by atoms with E-state index in [4.69, 9.17) is 27.2 Å². The van der Waals surface area contributed by atoms with Crippen molar-refractivity contribution in [3.63, 3.8) is 0 Å². The number of anilines is 1. The predicted molar refractivity (Wildman–Crippen MR) is 100 cm³/mol. The molecule has 1 aromatic carbocycles. The Bertz CT molecular complexity index is 835. The summed E-state index contributed by atoms with van der Waals surface area (Å²) in [5, 5.41) is 13.5. The van der Waals surface area contributed by atoms with E-state index in [1.165, 1.54) is 6.20 Å². The van der Waals surface area contributed by atoms with E-state index in [1.807, 2.05) is 36.5 Å². The van der Waals surface area contributed by atoms with Gasteiger partial charge in [0.1, 0.15) is 0 Å². The average Bonchev–Trinajstić information content (AvgIpc) is 3.16. The third-order valence-corrected chi connectivity index (χ3v) is 4.05. The minimum absolute atomic E-state index is 0.186. The maximum absolute atomic E-state index is 8.78. The second-order valence-electron chi connectivity index (χ2n) is 5.80. The van der Waals surface area contributed by atoms with Crippen LogP contribution in [0.15, 0.2) is 48.9 Å². The Labute approximate surface area is 156 Å². The SMILES string of the molecule is Nc1ncc(Cl)c(-c2cnn(-c3ccccc3)c2)n1.OC1CCCOC1. The lowest BCUT2D eigenvalue weighted by atomic mass is 10.2. The van der Waals surface area contributed by atoms with E-state index in [-0.39, 0.29) is 12.1 Å². The fourth-order valence-electron chi connectivity index (χ4n) is 2.47. The summed E-state index contributed by atoms with van der Waals surface area (Å²) in [5.41, 5.74) is 7.91. The third-order valence-electron chi connectivity index (χ3n) is 3.78. The minimum atomic E-state index is -0.186. The van der Waals surface area contributed by atoms with Crippen molar-refractivity contribution in [2.75, 3.05) is 18.9 Å². The summed E-state index contributed by atoms with van der Waals surface area (Å²) in [6.45, 7) is 1.37. The zero-order valence-corrected chi connectivity index (χ0v) is 14.9. The van der Waals surface area contributed by atoms with Crippen molar-refractivity contribution in [2.45, 2.75) is 18.9 Å². The number of para-hydroxylation sites is 1. The highest BCUT2D eigenvalue weighted by atomic mass is 35.5. The van der Waals surface area contributed by atoms with Gasteiger partial charge >= 0.3 is 0 Å². The Hall–Kier alpha value is -2.48. The van der Waals surface area contributed by atoms with Crippen LogP contribution in [-0.2, 0) is 4.74 Å². The molecule has 1 aliphatic heterocycles. The van der Waals surface area contributed by atoms with Crippen LogP contribution in [0.25, 0.3) is 16.9 Å². The highest BCUT2D eigenvalue weighted by molar-refractivity contribution is 6.32. The molecular formula is C18H20ClN5O2. The Morgan fingerprint density at radius 3 is 2.69 bits per heavy atom. The number of hydrogen-bond donors (Lipinski definition) is 2. The highest BCUT2D eigenvalue weighted by Crippen LogP contribution is 2.25. The van der Waals surface area contributed by atoms with Crippen molar-refractivity contribution < 1.29 is 9.84 Å². The predicted octanol–water partition coefficient (Wildman–Crippen LogP) is 2.72. The lowest BCUT2D eigenvalue weighted by Gasteiger charge is -2.15. The molecule has 4 rings (SSSR count). The van der Waals surface area contributed by atoms with Crippen LogP contribution in [0.4, 0.5) is 5.95 Å². The van der Waals surface area contributed by atoms with Crippen molar-refractivity contribution in [1.29, 1.82) is 0 Å². The molecule has 136 valence electrons. The number of benzene rings is 1. The molecule has 0 aliphatic carbocycles. The van der Waals surface area contributed by atoms with Crippen LogP contribution in [0, 0.1) is 0 Å². The van der Waals surface area contributed by atoms with Gasteiger partial charge in [-0.25, -0.2) is 14.6 Å². The van der Waals surface area contributed by atoms with Crippen molar-refractivity contribution >= 4 is 17.5 Å². The number of aromatic nitrogens is 4. The van der Waals surface area contributed by atoms with Gasteiger partial charge in [-0.2, -0.15) is 5.10 Å². The van der Waals surface area contributed by atoms with E-state index in [9.17, 15) is 0 Å². The first-order valence-corrected chi connectivity index (χ1v) is 8.65. The fourth-order valence-corrected chi connectivity index (χ4v) is 2.67. The molecule has 1 aliphatic rings. The Morgan fingerprint density at radius 1 is 1.23 bits per heavy atom. The van der Waals surface area contributed by atoms with Gasteiger partial charge in [-0.15, -0.1) is 0 Å². The first-order chi connectivity index (χ1) is 12.6. The van der Waals surface area contributed by atoms with Crippen LogP contribution in [0.3, 0.4) is 0 Å². The standard InChI is InChI=1S/C13H10ClN5.C5H10O2/c14-11-7-16-13(15)18-12(11)9-6-17-19(8-9)10-4-2-1-3-5-10;6-5-2-1-3-7-4-5/h1-8H,(H2,15,16,18);5-6H,1-4H2. The zero-order chi connectivity index (χ0) is 18.4. The topological polar surface area (TPSA) is 99.1 Å². The summed E-state index contributed by atoms with van der Waals surface area (Å²) in [7, 11) is 0. The average molecular weight is 374 g/mol. The molecule has 3 aromatic rings. The van der Waals surface area contributed by atoms with Gasteiger partial charge in [0.15, 0.2) is 0 Å². The molecule has 0 amide bonds. The minimum Gasteiger partial charge on any atom is -0.391 e. The normalized spacial score (nSPS) is 16.6. The van der Waals surface area contributed by atoms with Gasteiger partial charge in [0.05, 0.1) is 41.5 Å². The number of hydrogen-bond acceptors (Lipinski definition) is 6. The fraction of sp³-hybridized carbons (Fsp3) is 0.278. The third kappa shape index (κ3) is 4.78. The Balaban J connectivity index is 0.000000236. The Morgan fingerprint density at radius 2 is 2.04 bits per heavy atom. The molecule has 26 heavy (non-hydrogen) atoms. The van der Waals surface area contributed by atoms with Gasteiger partial charge in [0.2, 0.25) is 5.95 Å². The molecule has 1 fully saturated rings. The molecule has 3 heterocycles. The molecule has 1 atom stereocenters. The molecule has 0 saturated carbocycles. The highest BCUT2D eigenvalue weighted by Gasteiger charge is 2.10. The van der Waals surface area contributed by atoms with Gasteiger partial charge in [-0.1, -0.05) is 29.8 Å². The Kier molecular flexibility index (Phi) is 6.17. The quantitative estimate of drug-likeness (QED) is 0.716. The molecule has 0 bridgehead atoms. The van der Waals surface area contributed by atoms with Gasteiger partial charge in [0, 0.05) is 18.4 Å². The molecule has 7 nitrogen and oxygen atoms in total. The van der Waals surface area contributed by atoms with E-state index < -0.39 is 0 Å². The number of nitrogen functional groups attached to an aromatic ring is 1. The summed E-state index contributed by atoms with van der Waals surface area (Å²) in [6, 6.07) is 9.79. The van der Waals surface area contributed by atoms with E-state index in [0.717, 1.165) is 30.7 Å². The smallest absolute Gasteiger partial charge is 0.220 e. The lowest BCUT2D eigenvalue weighted by molar-refractivity contribution is -0.00535. The number of aliphatic hydroxyl groups excluding tert-OH is 1. The van der Waals surface area contributed by atoms with Crippen LogP contribution < -0.4 is 5.73 Å². The summed E-state index contributed by atoms with van der Waals surface area (Å²) in [4.78, 5) is 7.97. The monoisotopic (exact) mass is 373 g/mol. The largest absolute Gasteiger partial charge is 0.391 e. The molecule has 3 N–H and O–H groups in total. The summed E-state index contributed by atoms with van der Waals surface area (Å²) < 4.78 is 6.69. The van der Waals surface area contributed by atoms with Crippen LogP contribution in [0.5, 0.6) is 0 Å². The van der Waals surface area contributed by atoms with Crippen LogP contribution in [0.2, 0.25) is 5.02 Å². The molecule has 1 saturated heterocycles. The number of halogens is 1. The maximum Gasteiger partial charge on any atom is 0.220 e. The van der Waals surface area contributed by atoms with Crippen LogP contribution >= 0.6 is 11.6 Å². The molecule has 0 spiro atoms. The first-order valence-electron chi connectivity index (χ1n) is 8.28. The number of nitrogens with zero attached hydrogens (tertiary/aromatic N) is 4. The number of aliphatic hydroxyl groups is 1. The number of ether oxygens (including phenoxy) is 1. The van der Waals surface area contributed by atoms with Gasteiger partial charge in [-0.05, 0) is 25.0 Å². The van der Waals surface area contributed by atoms with Crippen LogP contribution in [0.1, 0.15) is 12.8 Å². The van der Waals surface area contributed by atoms with E-state index in [0.29, 0.717) is 17.3 Å². The molecule has 1 unspecified atom stereocenters. The van der Waals surface area contributed by atoms with E-state index in [2.05, 4.69) is 15.1 Å². The maximum atomic E-state index is 8.78. The summed E-state index contributed by atoms with van der Waals surface area (Å²) >= 11 is 6.07. The summed E-state index contributed by atoms with van der Waals surface area (Å²) in [5.74, 6) is 0.187. The molecule has 0 radical (unpaired) electrons. The van der Waals surface area contributed by atoms with Crippen molar-refractivity contribution in [3.05, 3.63) is 53.9 Å². The number of rotatable bonds is 2. The summed E-state index contributed by atoms with van der Waals surface area (Å²) in [6.07, 6.45) is 6.78. The van der Waals surface area contributed by atoms with Gasteiger partial charge in [-0.3, -0.25) is 0 Å². The van der Waals surface area contributed by atoms with Crippen LogP contribution in [-0.4, -0.2) is 44.2 Å². The first kappa shape index (κ1) is 18.3.